The van der Waals surface area contributed by atoms with Crippen LogP contribution in [-0.4, -0.2) is 71.6 Å². The normalized spacial score (nSPS) is 17.7. The predicted molar refractivity (Wildman–Crippen MR) is 123 cm³/mol. The van der Waals surface area contributed by atoms with Crippen molar-refractivity contribution in [3.05, 3.63) is 11.6 Å². The van der Waals surface area contributed by atoms with E-state index in [0.717, 1.165) is 62.8 Å². The monoisotopic (exact) mass is 519 g/mol. The molecule has 0 atom stereocenters. The molecule has 164 valence electrons. The molecular formula is C19H34IN7O2. The van der Waals surface area contributed by atoms with Gasteiger partial charge in [0.25, 0.3) is 0 Å². The third-order valence-corrected chi connectivity index (χ3v) is 5.55. The van der Waals surface area contributed by atoms with Crippen LogP contribution in [0.15, 0.2) is 4.99 Å². The second-order valence-electron chi connectivity index (χ2n) is 7.47. The first-order chi connectivity index (χ1) is 13.7. The molecule has 2 N–H and O–H groups in total. The van der Waals surface area contributed by atoms with Crippen molar-refractivity contribution in [2.75, 3.05) is 33.8 Å². The first-order valence-corrected chi connectivity index (χ1v) is 10.4. The number of methoxy groups -OCH3 is 1. The van der Waals surface area contributed by atoms with Crippen LogP contribution >= 0.6 is 24.0 Å². The van der Waals surface area contributed by atoms with Crippen molar-refractivity contribution >= 4 is 36.0 Å². The van der Waals surface area contributed by atoms with Crippen molar-refractivity contribution in [3.8, 4) is 0 Å². The molecule has 3 rings (SSSR count). The minimum absolute atomic E-state index is 0. The highest BCUT2D eigenvalue weighted by molar-refractivity contribution is 14.0. The summed E-state index contributed by atoms with van der Waals surface area (Å²) in [6.45, 7) is 3.31. The number of piperidine rings is 1. The zero-order chi connectivity index (χ0) is 19.8. The molecular weight excluding hydrogens is 485 g/mol. The van der Waals surface area contributed by atoms with Crippen LogP contribution < -0.4 is 10.6 Å². The van der Waals surface area contributed by atoms with Crippen LogP contribution in [0.3, 0.4) is 0 Å². The van der Waals surface area contributed by atoms with Gasteiger partial charge in [0.1, 0.15) is 11.6 Å². The van der Waals surface area contributed by atoms with E-state index in [1.54, 1.807) is 11.9 Å². The number of hydrogen-bond acceptors (Lipinski definition) is 5. The number of guanidine groups is 1. The summed E-state index contributed by atoms with van der Waals surface area (Å²) < 4.78 is 7.10. The number of nitrogens with zero attached hydrogens (tertiary/aromatic N) is 5. The summed E-state index contributed by atoms with van der Waals surface area (Å²) in [7, 11) is 3.21. The molecule has 1 aromatic heterocycles. The van der Waals surface area contributed by atoms with Crippen LogP contribution in [0.4, 0.5) is 4.79 Å². The molecule has 0 aliphatic carbocycles. The number of hydrogen-bond donors (Lipinski definition) is 2. The lowest BCUT2D eigenvalue weighted by Crippen LogP contribution is -2.49. The Morgan fingerprint density at radius 1 is 1.21 bits per heavy atom. The zero-order valence-electron chi connectivity index (χ0n) is 17.5. The Hall–Kier alpha value is -1.59. The van der Waals surface area contributed by atoms with Crippen molar-refractivity contribution in [1.82, 2.24) is 30.3 Å². The summed E-state index contributed by atoms with van der Waals surface area (Å²) in [5.41, 5.74) is 0. The largest absolute Gasteiger partial charge is 0.453 e. The summed E-state index contributed by atoms with van der Waals surface area (Å²) in [4.78, 5) is 17.6. The summed E-state index contributed by atoms with van der Waals surface area (Å²) in [5, 5.41) is 15.6. The van der Waals surface area contributed by atoms with Crippen molar-refractivity contribution in [1.29, 1.82) is 0 Å². The minimum atomic E-state index is -0.243. The predicted octanol–water partition coefficient (Wildman–Crippen LogP) is 1.95. The fourth-order valence-electron chi connectivity index (χ4n) is 3.91. The lowest BCUT2D eigenvalue weighted by atomic mass is 10.1. The van der Waals surface area contributed by atoms with Gasteiger partial charge in [-0.15, -0.1) is 34.2 Å². The third-order valence-electron chi connectivity index (χ3n) is 5.55. The molecule has 1 fully saturated rings. The average molecular weight is 519 g/mol. The van der Waals surface area contributed by atoms with Crippen molar-refractivity contribution in [3.63, 3.8) is 0 Å². The van der Waals surface area contributed by atoms with Crippen LogP contribution in [0, 0.1) is 0 Å². The first kappa shape index (κ1) is 23.7. The topological polar surface area (TPSA) is 96.7 Å². The van der Waals surface area contributed by atoms with Crippen molar-refractivity contribution in [2.24, 2.45) is 4.99 Å². The molecule has 0 bridgehead atoms. The summed E-state index contributed by atoms with van der Waals surface area (Å²) in [5.74, 6) is 3.07. The van der Waals surface area contributed by atoms with Crippen LogP contribution in [-0.2, 0) is 24.1 Å². The highest BCUT2D eigenvalue weighted by Crippen LogP contribution is 2.15. The smallest absolute Gasteiger partial charge is 0.409 e. The molecule has 29 heavy (non-hydrogen) atoms. The SMILES string of the molecule is CN=C(NCCCc1nnc2n1CCCCC2)NC1CCN(C(=O)OC)CC1.I. The van der Waals surface area contributed by atoms with E-state index in [-0.39, 0.29) is 30.1 Å². The molecule has 0 saturated carbocycles. The lowest BCUT2D eigenvalue weighted by molar-refractivity contribution is 0.111. The summed E-state index contributed by atoms with van der Waals surface area (Å²) in [6.07, 6.45) is 8.23. The highest BCUT2D eigenvalue weighted by atomic mass is 127. The van der Waals surface area contributed by atoms with E-state index >= 15 is 0 Å². The average Bonchev–Trinajstić information content (AvgIpc) is 2.95. The number of carbonyl (C=O) groups excluding carboxylic acids is 1. The van der Waals surface area contributed by atoms with Gasteiger partial charge in [0.2, 0.25) is 0 Å². The number of aromatic nitrogens is 3. The van der Waals surface area contributed by atoms with Gasteiger partial charge in [0.15, 0.2) is 5.96 Å². The second kappa shape index (κ2) is 12.2. The fraction of sp³-hybridized carbons (Fsp3) is 0.789. The standard InChI is InChI=1S/C19H33N7O2.HI/c1-20-18(22-15-9-13-25(14-10-15)19(27)28-2)21-11-6-8-17-24-23-16-7-4-3-5-12-26(16)17;/h15H,3-14H2,1-2H3,(H2,20,21,22);1H. The number of aryl methyl sites for hydroxylation is 2. The Morgan fingerprint density at radius 3 is 2.72 bits per heavy atom. The quantitative estimate of drug-likeness (QED) is 0.267. The van der Waals surface area contributed by atoms with Crippen molar-refractivity contribution in [2.45, 2.75) is 64.0 Å². The Kier molecular flexibility index (Phi) is 9.95. The van der Waals surface area contributed by atoms with Gasteiger partial charge in [-0.05, 0) is 32.1 Å². The molecule has 2 aliphatic heterocycles. The van der Waals surface area contributed by atoms with Crippen molar-refractivity contribution < 1.29 is 9.53 Å². The Morgan fingerprint density at radius 2 is 2.00 bits per heavy atom. The number of aliphatic imine (C=N–C) groups is 1. The van der Waals surface area contributed by atoms with Gasteiger partial charge in [0, 0.05) is 52.1 Å². The molecule has 0 unspecified atom stereocenters. The maximum atomic E-state index is 11.6. The molecule has 0 radical (unpaired) electrons. The summed E-state index contributed by atoms with van der Waals surface area (Å²) in [6, 6.07) is 0.319. The van der Waals surface area contributed by atoms with Gasteiger partial charge in [-0.1, -0.05) is 6.42 Å². The van der Waals surface area contributed by atoms with Gasteiger partial charge in [-0.3, -0.25) is 4.99 Å². The van der Waals surface area contributed by atoms with Crippen LogP contribution in [0.2, 0.25) is 0 Å². The van der Waals surface area contributed by atoms with Gasteiger partial charge >= 0.3 is 6.09 Å². The molecule has 1 saturated heterocycles. The van der Waals surface area contributed by atoms with Gasteiger partial charge in [0.05, 0.1) is 7.11 Å². The maximum Gasteiger partial charge on any atom is 0.409 e. The molecule has 0 aromatic carbocycles. The van der Waals surface area contributed by atoms with E-state index in [4.69, 9.17) is 4.74 Å². The van der Waals surface area contributed by atoms with E-state index in [1.807, 2.05) is 0 Å². The number of likely N-dealkylation sites (tertiary alicyclic amines) is 1. The Labute approximate surface area is 190 Å². The minimum Gasteiger partial charge on any atom is -0.453 e. The highest BCUT2D eigenvalue weighted by Gasteiger charge is 2.23. The van der Waals surface area contributed by atoms with Gasteiger partial charge in [-0.25, -0.2) is 4.79 Å². The molecule has 9 nitrogen and oxygen atoms in total. The molecule has 0 spiro atoms. The van der Waals surface area contributed by atoms with E-state index in [2.05, 4.69) is 30.4 Å². The number of amides is 1. The maximum absolute atomic E-state index is 11.6. The van der Waals surface area contributed by atoms with E-state index < -0.39 is 0 Å². The molecule has 3 heterocycles. The summed E-state index contributed by atoms with van der Waals surface area (Å²) >= 11 is 0. The number of fused-ring (bicyclic) bond motifs is 1. The van der Waals surface area contributed by atoms with Gasteiger partial charge < -0.3 is 24.8 Å². The zero-order valence-corrected chi connectivity index (χ0v) is 19.9. The van der Waals surface area contributed by atoms with E-state index in [1.165, 1.54) is 26.4 Å². The van der Waals surface area contributed by atoms with Crippen LogP contribution in [0.5, 0.6) is 0 Å². The number of ether oxygens (including phenoxy) is 1. The van der Waals surface area contributed by atoms with Crippen LogP contribution in [0.25, 0.3) is 0 Å². The Bertz CT molecular complexity index is 672. The lowest BCUT2D eigenvalue weighted by Gasteiger charge is -2.32. The molecule has 1 aromatic rings. The first-order valence-electron chi connectivity index (χ1n) is 10.4. The number of halogens is 1. The molecule has 2 aliphatic rings. The van der Waals surface area contributed by atoms with E-state index in [9.17, 15) is 4.79 Å². The second-order valence-corrected chi connectivity index (χ2v) is 7.47. The Balaban J connectivity index is 0.00000300. The van der Waals surface area contributed by atoms with E-state index in [0.29, 0.717) is 19.1 Å². The number of nitrogens with one attached hydrogen (secondary N) is 2. The molecule has 1 amide bonds. The molecule has 10 heteroatoms. The van der Waals surface area contributed by atoms with Crippen LogP contribution in [0.1, 0.15) is 50.2 Å². The number of rotatable bonds is 5. The number of carbonyl (C=O) groups is 1. The third kappa shape index (κ3) is 6.71. The van der Waals surface area contributed by atoms with Gasteiger partial charge in [-0.2, -0.15) is 0 Å². The fourth-order valence-corrected chi connectivity index (χ4v) is 3.91.